The Labute approximate surface area is 211 Å². The molecule has 2 N–H and O–H groups in total. The highest BCUT2D eigenvalue weighted by Gasteiger charge is 2.18. The lowest BCUT2D eigenvalue weighted by atomic mass is 10.2. The van der Waals surface area contributed by atoms with Crippen molar-refractivity contribution < 1.29 is 4.79 Å². The Bertz CT molecular complexity index is 1260. The van der Waals surface area contributed by atoms with Gasteiger partial charge < -0.3 is 5.32 Å². The minimum absolute atomic E-state index is 0.226. The molecule has 0 aliphatic rings. The third kappa shape index (κ3) is 5.47. The van der Waals surface area contributed by atoms with E-state index in [1.807, 2.05) is 38.1 Å². The molecule has 164 valence electrons. The topological polar surface area (TPSA) is 79.8 Å². The number of aryl methyl sites for hydroxylation is 1. The lowest BCUT2D eigenvalue weighted by Crippen LogP contribution is -2.31. The molecule has 0 spiro atoms. The summed E-state index contributed by atoms with van der Waals surface area (Å²) in [6, 6.07) is 12.5. The highest BCUT2D eigenvalue weighted by Crippen LogP contribution is 2.33. The number of anilines is 1. The van der Waals surface area contributed by atoms with Crippen molar-refractivity contribution in [2.45, 2.75) is 19.9 Å². The normalized spacial score (nSPS) is 11.9. The van der Waals surface area contributed by atoms with Gasteiger partial charge in [0.2, 0.25) is 5.13 Å². The molecule has 0 saturated carbocycles. The van der Waals surface area contributed by atoms with Gasteiger partial charge in [-0.2, -0.15) is 0 Å². The van der Waals surface area contributed by atoms with E-state index in [0.717, 1.165) is 31.2 Å². The van der Waals surface area contributed by atoms with Gasteiger partial charge in [-0.3, -0.25) is 5.32 Å². The van der Waals surface area contributed by atoms with Gasteiger partial charge in [-0.1, -0.05) is 62.6 Å². The number of nitrogens with one attached hydrogen (secondary N) is 2. The first-order valence-corrected chi connectivity index (χ1v) is 12.6. The van der Waals surface area contributed by atoms with Crippen LogP contribution in [0, 0.1) is 6.92 Å². The Hall–Kier alpha value is -2.04. The molecule has 0 bridgehead atoms. The minimum Gasteiger partial charge on any atom is -0.330 e. The number of urea groups is 1. The number of rotatable bonds is 5. The average Bonchev–Trinajstić information content (AvgIpc) is 3.34. The highest BCUT2D eigenvalue weighted by atomic mass is 79.9. The van der Waals surface area contributed by atoms with Gasteiger partial charge in [-0.15, -0.1) is 21.5 Å². The zero-order chi connectivity index (χ0) is 22.8. The predicted molar refractivity (Wildman–Crippen MR) is 136 cm³/mol. The molecular weight excluding hydrogens is 553 g/mol. The van der Waals surface area contributed by atoms with Crippen LogP contribution >= 0.6 is 61.8 Å². The Morgan fingerprint density at radius 3 is 2.38 bits per heavy atom. The van der Waals surface area contributed by atoms with E-state index in [-0.39, 0.29) is 12.1 Å². The molecule has 4 aromatic rings. The summed E-state index contributed by atoms with van der Waals surface area (Å²) in [5, 5.41) is 16.7. The second-order valence-electron chi connectivity index (χ2n) is 6.87. The van der Waals surface area contributed by atoms with Gasteiger partial charge in [-0.25, -0.2) is 9.78 Å². The maximum Gasteiger partial charge on any atom is 0.321 e. The molecule has 0 radical (unpaired) electrons. The number of hydrogen-bond donors (Lipinski definition) is 2. The summed E-state index contributed by atoms with van der Waals surface area (Å²) in [6.07, 6.45) is 0. The van der Waals surface area contributed by atoms with Crippen molar-refractivity contribution in [3.05, 3.63) is 67.6 Å². The number of thiazole rings is 1. The lowest BCUT2D eigenvalue weighted by Gasteiger charge is -2.12. The maximum atomic E-state index is 12.5. The summed E-state index contributed by atoms with van der Waals surface area (Å²) in [4.78, 5) is 18.2. The van der Waals surface area contributed by atoms with Crippen molar-refractivity contribution in [3.63, 3.8) is 0 Å². The summed E-state index contributed by atoms with van der Waals surface area (Å²) in [5.41, 5.74) is 2.66. The van der Waals surface area contributed by atoms with Gasteiger partial charge in [0.1, 0.15) is 10.0 Å². The number of carbonyl (C=O) groups is 1. The number of carbonyl (C=O) groups excluding carboxylic acids is 1. The second kappa shape index (κ2) is 9.84. The Morgan fingerprint density at radius 1 is 1.00 bits per heavy atom. The van der Waals surface area contributed by atoms with Gasteiger partial charge in [0.15, 0.2) is 0 Å². The molecule has 2 aromatic carbocycles. The van der Waals surface area contributed by atoms with Crippen molar-refractivity contribution in [1.29, 1.82) is 0 Å². The molecule has 2 heterocycles. The van der Waals surface area contributed by atoms with Crippen LogP contribution in [0.3, 0.4) is 0 Å². The molecule has 0 aliphatic carbocycles. The Balaban J connectivity index is 1.42. The van der Waals surface area contributed by atoms with Crippen LogP contribution in [0.4, 0.5) is 9.93 Å². The summed E-state index contributed by atoms with van der Waals surface area (Å²) >= 11 is 18.3. The summed E-state index contributed by atoms with van der Waals surface area (Å²) < 4.78 is 1.01. The van der Waals surface area contributed by atoms with E-state index in [0.29, 0.717) is 20.2 Å². The third-order valence-corrected chi connectivity index (χ3v) is 7.66. The van der Waals surface area contributed by atoms with Crippen LogP contribution in [0.2, 0.25) is 10.0 Å². The molecule has 1 atom stereocenters. The molecule has 0 fully saturated rings. The van der Waals surface area contributed by atoms with Crippen LogP contribution in [-0.2, 0) is 0 Å². The monoisotopic (exact) mass is 567 g/mol. The molecule has 6 nitrogen and oxygen atoms in total. The highest BCUT2D eigenvalue weighted by molar-refractivity contribution is 9.10. The molecule has 0 saturated heterocycles. The van der Waals surface area contributed by atoms with Crippen LogP contribution in [0.1, 0.15) is 23.5 Å². The SMILES string of the molecule is Cc1nc(-c2ccc(Br)cc2)sc1C(C)NC(=O)Nc1nnc(-c2cc(Cl)cc(Cl)c2)s1. The first-order chi connectivity index (χ1) is 15.3. The van der Waals surface area contributed by atoms with Gasteiger partial charge in [0.05, 0.1) is 16.6 Å². The second-order valence-corrected chi connectivity index (χ2v) is 10.7. The Kier molecular flexibility index (Phi) is 7.11. The molecule has 2 aromatic heterocycles. The fraction of sp³-hybridized carbons (Fsp3) is 0.143. The van der Waals surface area contributed by atoms with E-state index in [1.54, 1.807) is 29.5 Å². The standard InChI is InChI=1S/C21H16BrCl2N5OS2/c1-10-17(31-18(25-10)12-3-5-14(22)6-4-12)11(2)26-20(30)27-21-29-28-19(32-21)13-7-15(23)9-16(24)8-13/h3-9,11H,1-2H3,(H2,26,27,29,30). The largest absolute Gasteiger partial charge is 0.330 e. The van der Waals surface area contributed by atoms with Crippen LogP contribution in [0.15, 0.2) is 46.9 Å². The lowest BCUT2D eigenvalue weighted by molar-refractivity contribution is 0.249. The molecule has 1 unspecified atom stereocenters. The third-order valence-electron chi connectivity index (χ3n) is 4.42. The summed E-state index contributed by atoms with van der Waals surface area (Å²) in [5.74, 6) is 0. The molecule has 2 amide bonds. The van der Waals surface area contributed by atoms with E-state index in [9.17, 15) is 4.79 Å². The van der Waals surface area contributed by atoms with Gasteiger partial charge >= 0.3 is 6.03 Å². The molecule has 32 heavy (non-hydrogen) atoms. The van der Waals surface area contributed by atoms with Crippen molar-refractivity contribution in [3.8, 4) is 21.1 Å². The van der Waals surface area contributed by atoms with E-state index in [1.165, 1.54) is 11.3 Å². The van der Waals surface area contributed by atoms with E-state index in [4.69, 9.17) is 23.2 Å². The zero-order valence-corrected chi connectivity index (χ0v) is 21.5. The molecular formula is C21H16BrCl2N5OS2. The zero-order valence-electron chi connectivity index (χ0n) is 16.8. The number of nitrogens with zero attached hydrogens (tertiary/aromatic N) is 3. The van der Waals surface area contributed by atoms with Gasteiger partial charge in [-0.05, 0) is 44.2 Å². The summed E-state index contributed by atoms with van der Waals surface area (Å²) in [6.45, 7) is 3.86. The molecule has 4 rings (SSSR count). The van der Waals surface area contributed by atoms with Crippen LogP contribution in [0.5, 0.6) is 0 Å². The average molecular weight is 569 g/mol. The van der Waals surface area contributed by atoms with Gasteiger partial charge in [0, 0.05) is 25.6 Å². The van der Waals surface area contributed by atoms with E-state index >= 15 is 0 Å². The smallest absolute Gasteiger partial charge is 0.321 e. The van der Waals surface area contributed by atoms with Gasteiger partial charge in [0.25, 0.3) is 0 Å². The number of hydrogen-bond acceptors (Lipinski definition) is 6. The van der Waals surface area contributed by atoms with Crippen molar-refractivity contribution in [1.82, 2.24) is 20.5 Å². The molecule has 11 heteroatoms. The van der Waals surface area contributed by atoms with E-state index in [2.05, 4.69) is 41.7 Å². The first kappa shape index (κ1) is 23.1. The number of halogens is 3. The van der Waals surface area contributed by atoms with Crippen LogP contribution in [0.25, 0.3) is 21.1 Å². The number of benzene rings is 2. The summed E-state index contributed by atoms with van der Waals surface area (Å²) in [7, 11) is 0. The Morgan fingerprint density at radius 2 is 1.69 bits per heavy atom. The number of amides is 2. The predicted octanol–water partition coefficient (Wildman–Crippen LogP) is 7.59. The fourth-order valence-corrected chi connectivity index (χ4v) is 5.58. The quantitative estimate of drug-likeness (QED) is 0.260. The van der Waals surface area contributed by atoms with Crippen molar-refractivity contribution in [2.24, 2.45) is 0 Å². The maximum absolute atomic E-state index is 12.5. The fourth-order valence-electron chi connectivity index (χ4n) is 2.99. The van der Waals surface area contributed by atoms with Crippen LogP contribution in [-0.4, -0.2) is 21.2 Å². The van der Waals surface area contributed by atoms with E-state index < -0.39 is 0 Å². The van der Waals surface area contributed by atoms with Crippen molar-refractivity contribution in [2.75, 3.05) is 5.32 Å². The molecule has 0 aliphatic heterocycles. The minimum atomic E-state index is -0.373. The van der Waals surface area contributed by atoms with Crippen molar-refractivity contribution >= 4 is 73.0 Å². The number of aromatic nitrogens is 3. The first-order valence-electron chi connectivity index (χ1n) is 9.39. The van der Waals surface area contributed by atoms with Crippen LogP contribution < -0.4 is 10.6 Å².